The fourth-order valence-corrected chi connectivity index (χ4v) is 1.95. The fraction of sp³-hybridized carbons (Fsp3) is 0.538. The van der Waals surface area contributed by atoms with Gasteiger partial charge in [0, 0.05) is 0 Å². The van der Waals surface area contributed by atoms with Crippen LogP contribution >= 0.6 is 0 Å². The maximum absolute atomic E-state index is 9.76. The van der Waals surface area contributed by atoms with Crippen LogP contribution in [0.3, 0.4) is 0 Å². The monoisotopic (exact) mass is 222 g/mol. The van der Waals surface area contributed by atoms with Crippen LogP contribution in [0.4, 0.5) is 0 Å². The Hall–Kier alpha value is -0.900. The third-order valence-corrected chi connectivity index (χ3v) is 3.08. The van der Waals surface area contributed by atoms with Gasteiger partial charge in [-0.2, -0.15) is 0 Å². The first-order valence-corrected chi connectivity index (χ1v) is 5.66. The lowest BCUT2D eigenvalue weighted by molar-refractivity contribution is -0.0202. The quantitative estimate of drug-likeness (QED) is 0.734. The highest BCUT2D eigenvalue weighted by molar-refractivity contribution is 5.15. The molecule has 0 unspecified atom stereocenters. The van der Waals surface area contributed by atoms with E-state index in [1.807, 2.05) is 18.2 Å². The van der Waals surface area contributed by atoms with Crippen molar-refractivity contribution in [3.8, 4) is 0 Å². The van der Waals surface area contributed by atoms with E-state index in [2.05, 4.69) is 12.1 Å². The molecule has 1 aliphatic heterocycles. The van der Waals surface area contributed by atoms with Gasteiger partial charge in [0.25, 0.3) is 0 Å². The number of aliphatic hydroxyl groups is 2. The maximum Gasteiger partial charge on any atom is 0.115 e. The van der Waals surface area contributed by atoms with Crippen LogP contribution in [0.1, 0.15) is 18.9 Å². The molecule has 1 heterocycles. The lowest BCUT2D eigenvalue weighted by Crippen LogP contribution is -2.36. The zero-order valence-corrected chi connectivity index (χ0v) is 9.47. The molecule has 88 valence electrons. The molecular weight excluding hydrogens is 204 g/mol. The summed E-state index contributed by atoms with van der Waals surface area (Å²) in [5.41, 5.74) is 0.182. The van der Waals surface area contributed by atoms with Crippen LogP contribution in [0.15, 0.2) is 30.3 Å². The Morgan fingerprint density at radius 2 is 2.00 bits per heavy atom. The van der Waals surface area contributed by atoms with Crippen LogP contribution in [-0.4, -0.2) is 34.6 Å². The third-order valence-electron chi connectivity index (χ3n) is 3.08. The predicted octanol–water partition coefficient (Wildman–Crippen LogP) is 1.13. The van der Waals surface area contributed by atoms with Gasteiger partial charge in [0.15, 0.2) is 0 Å². The second-order valence-electron chi connectivity index (χ2n) is 4.63. The molecule has 0 spiro atoms. The van der Waals surface area contributed by atoms with E-state index in [4.69, 9.17) is 9.84 Å². The van der Waals surface area contributed by atoms with Crippen molar-refractivity contribution in [3.63, 3.8) is 0 Å². The molecule has 0 aromatic heterocycles. The number of ether oxygens (including phenoxy) is 1. The zero-order chi connectivity index (χ0) is 11.6. The summed E-state index contributed by atoms with van der Waals surface area (Å²) in [4.78, 5) is 0. The number of hydrogen-bond acceptors (Lipinski definition) is 3. The molecule has 1 aromatic carbocycles. The minimum atomic E-state index is -1.10. The second kappa shape index (κ2) is 4.53. The highest BCUT2D eigenvalue weighted by Gasteiger charge is 2.50. The molecule has 1 saturated heterocycles. The standard InChI is InChI=1S/C13H18O3/c1-13(15,9-14)12-11(16-12)8-7-10-5-3-2-4-6-10/h2-6,11-12,14-15H,7-9H2,1H3/t11-,12-,13+/m0/s1. The summed E-state index contributed by atoms with van der Waals surface area (Å²) in [6, 6.07) is 10.2. The fourth-order valence-electron chi connectivity index (χ4n) is 1.95. The SMILES string of the molecule is C[C@@](O)(CO)[C@H]1O[C@H]1CCc1ccccc1. The van der Waals surface area contributed by atoms with Crippen molar-refractivity contribution in [2.45, 2.75) is 37.6 Å². The Kier molecular flexibility index (Phi) is 3.28. The maximum atomic E-state index is 9.76. The second-order valence-corrected chi connectivity index (χ2v) is 4.63. The first kappa shape index (κ1) is 11.6. The predicted molar refractivity (Wildman–Crippen MR) is 61.1 cm³/mol. The minimum Gasteiger partial charge on any atom is -0.393 e. The number of aliphatic hydroxyl groups excluding tert-OH is 1. The van der Waals surface area contributed by atoms with Gasteiger partial charge in [-0.25, -0.2) is 0 Å². The molecule has 0 radical (unpaired) electrons. The Bertz CT molecular complexity index is 334. The Morgan fingerprint density at radius 1 is 1.31 bits per heavy atom. The normalized spacial score (nSPS) is 27.4. The average molecular weight is 222 g/mol. The number of benzene rings is 1. The Labute approximate surface area is 95.7 Å². The molecule has 0 aliphatic carbocycles. The van der Waals surface area contributed by atoms with Crippen LogP contribution in [0, 0.1) is 0 Å². The van der Waals surface area contributed by atoms with Crippen molar-refractivity contribution in [2.24, 2.45) is 0 Å². The summed E-state index contributed by atoms with van der Waals surface area (Å²) in [7, 11) is 0. The van der Waals surface area contributed by atoms with E-state index in [1.54, 1.807) is 6.92 Å². The van der Waals surface area contributed by atoms with Gasteiger partial charge in [0.1, 0.15) is 11.7 Å². The van der Waals surface area contributed by atoms with Crippen LogP contribution in [0.25, 0.3) is 0 Å². The number of epoxide rings is 1. The molecule has 3 nitrogen and oxygen atoms in total. The first-order valence-electron chi connectivity index (χ1n) is 5.66. The molecule has 0 saturated carbocycles. The number of hydrogen-bond donors (Lipinski definition) is 2. The van der Waals surface area contributed by atoms with Crippen molar-refractivity contribution in [3.05, 3.63) is 35.9 Å². The van der Waals surface area contributed by atoms with Crippen LogP contribution in [0.2, 0.25) is 0 Å². The molecule has 1 fully saturated rings. The average Bonchev–Trinajstić information content (AvgIpc) is 3.08. The summed E-state index contributed by atoms with van der Waals surface area (Å²) in [5, 5.41) is 18.7. The van der Waals surface area contributed by atoms with Crippen LogP contribution in [-0.2, 0) is 11.2 Å². The molecule has 16 heavy (non-hydrogen) atoms. The van der Waals surface area contributed by atoms with Crippen molar-refractivity contribution >= 4 is 0 Å². The number of aryl methyl sites for hydroxylation is 1. The summed E-state index contributed by atoms with van der Waals surface area (Å²) in [5.74, 6) is 0. The topological polar surface area (TPSA) is 53.0 Å². The molecule has 3 heteroatoms. The third kappa shape index (κ3) is 2.61. The lowest BCUT2D eigenvalue weighted by atomic mass is 9.98. The van der Waals surface area contributed by atoms with E-state index in [1.165, 1.54) is 5.56 Å². The molecule has 3 atom stereocenters. The molecule has 0 bridgehead atoms. The Balaban J connectivity index is 1.78. The smallest absolute Gasteiger partial charge is 0.115 e. The molecule has 1 aromatic rings. The number of rotatable bonds is 5. The summed E-state index contributed by atoms with van der Waals surface area (Å²) < 4.78 is 5.38. The van der Waals surface area contributed by atoms with Gasteiger partial charge in [-0.1, -0.05) is 30.3 Å². The van der Waals surface area contributed by atoms with E-state index in [0.717, 1.165) is 12.8 Å². The molecule has 2 N–H and O–H groups in total. The Morgan fingerprint density at radius 3 is 2.62 bits per heavy atom. The molecular formula is C13H18O3. The summed E-state index contributed by atoms with van der Waals surface area (Å²) >= 11 is 0. The van der Waals surface area contributed by atoms with Crippen LogP contribution < -0.4 is 0 Å². The van der Waals surface area contributed by atoms with Crippen molar-refractivity contribution < 1.29 is 14.9 Å². The zero-order valence-electron chi connectivity index (χ0n) is 9.47. The van der Waals surface area contributed by atoms with E-state index in [9.17, 15) is 5.11 Å². The van der Waals surface area contributed by atoms with Crippen molar-refractivity contribution in [1.29, 1.82) is 0 Å². The summed E-state index contributed by atoms with van der Waals surface area (Å²) in [6.45, 7) is 1.36. The van der Waals surface area contributed by atoms with Crippen molar-refractivity contribution in [2.75, 3.05) is 6.61 Å². The first-order chi connectivity index (χ1) is 7.63. The van der Waals surface area contributed by atoms with Gasteiger partial charge in [-0.05, 0) is 25.3 Å². The lowest BCUT2D eigenvalue weighted by Gasteiger charge is -2.17. The van der Waals surface area contributed by atoms with Gasteiger partial charge >= 0.3 is 0 Å². The molecule has 2 rings (SSSR count). The highest BCUT2D eigenvalue weighted by Crippen LogP contribution is 2.35. The van der Waals surface area contributed by atoms with E-state index < -0.39 is 5.60 Å². The van der Waals surface area contributed by atoms with Gasteiger partial charge in [0.05, 0.1) is 12.7 Å². The van der Waals surface area contributed by atoms with Gasteiger partial charge in [-0.15, -0.1) is 0 Å². The van der Waals surface area contributed by atoms with Gasteiger partial charge < -0.3 is 14.9 Å². The molecule has 1 aliphatic rings. The van der Waals surface area contributed by atoms with Gasteiger partial charge in [-0.3, -0.25) is 0 Å². The highest BCUT2D eigenvalue weighted by atomic mass is 16.6. The van der Waals surface area contributed by atoms with Crippen LogP contribution in [0.5, 0.6) is 0 Å². The molecule has 0 amide bonds. The minimum absolute atomic E-state index is 0.0855. The summed E-state index contributed by atoms with van der Waals surface area (Å²) in [6.07, 6.45) is 1.72. The van der Waals surface area contributed by atoms with E-state index in [-0.39, 0.29) is 18.8 Å². The van der Waals surface area contributed by atoms with Gasteiger partial charge in [0.2, 0.25) is 0 Å². The van der Waals surface area contributed by atoms with E-state index >= 15 is 0 Å². The van der Waals surface area contributed by atoms with Crippen molar-refractivity contribution in [1.82, 2.24) is 0 Å². The largest absolute Gasteiger partial charge is 0.393 e. The van der Waals surface area contributed by atoms with E-state index in [0.29, 0.717) is 0 Å².